The van der Waals surface area contributed by atoms with Crippen LogP contribution >= 0.6 is 24.0 Å². The summed E-state index contributed by atoms with van der Waals surface area (Å²) in [4.78, 5) is 18.1. The van der Waals surface area contributed by atoms with Crippen molar-refractivity contribution in [1.82, 2.24) is 4.90 Å². The van der Waals surface area contributed by atoms with E-state index in [1.54, 1.807) is 11.0 Å². The van der Waals surface area contributed by atoms with Crippen molar-refractivity contribution in [3.63, 3.8) is 0 Å². The van der Waals surface area contributed by atoms with Gasteiger partial charge in [0.25, 0.3) is 0 Å². The summed E-state index contributed by atoms with van der Waals surface area (Å²) in [5, 5.41) is 2.66. The number of hydrogen-bond donors (Lipinski definition) is 2. The maximum Gasteiger partial charge on any atom is 0.573 e. The summed E-state index contributed by atoms with van der Waals surface area (Å²) in [5.41, 5.74) is 5.21. The van der Waals surface area contributed by atoms with Gasteiger partial charge in [0.2, 0.25) is 0 Å². The van der Waals surface area contributed by atoms with Gasteiger partial charge in [0.15, 0.2) is 11.7 Å². The van der Waals surface area contributed by atoms with E-state index in [0.29, 0.717) is 32.5 Å². The molecule has 0 bridgehead atoms. The Hall–Kier alpha value is -1.92. The van der Waals surface area contributed by atoms with Crippen LogP contribution in [0.4, 0.5) is 23.7 Å². The summed E-state index contributed by atoms with van der Waals surface area (Å²) in [6.07, 6.45) is -3.73. The predicted octanol–water partition coefficient (Wildman–Crippen LogP) is 4.97. The molecule has 1 aromatic carbocycles. The number of amides is 1. The third-order valence-corrected chi connectivity index (χ3v) is 4.63. The van der Waals surface area contributed by atoms with Gasteiger partial charge < -0.3 is 25.4 Å². The predicted molar refractivity (Wildman–Crippen MR) is 124 cm³/mol. The van der Waals surface area contributed by atoms with Gasteiger partial charge in [-0.25, -0.2) is 4.79 Å². The van der Waals surface area contributed by atoms with Crippen molar-refractivity contribution in [3.05, 3.63) is 24.3 Å². The number of likely N-dealkylation sites (tertiary alicyclic amines) is 1. The quantitative estimate of drug-likeness (QED) is 0.310. The highest BCUT2D eigenvalue weighted by Crippen LogP contribution is 2.32. The molecule has 0 unspecified atom stereocenters. The summed E-state index contributed by atoms with van der Waals surface area (Å²) in [7, 11) is 0. The number of benzene rings is 1. The van der Waals surface area contributed by atoms with Crippen LogP contribution in [0.25, 0.3) is 0 Å². The topological polar surface area (TPSA) is 89.2 Å². The van der Waals surface area contributed by atoms with Crippen molar-refractivity contribution in [2.75, 3.05) is 25.0 Å². The maximum absolute atomic E-state index is 12.5. The van der Waals surface area contributed by atoms with Gasteiger partial charge in [-0.2, -0.15) is 0 Å². The van der Waals surface area contributed by atoms with Gasteiger partial charge in [-0.3, -0.25) is 4.99 Å². The fourth-order valence-electron chi connectivity index (χ4n) is 2.95. The summed E-state index contributed by atoms with van der Waals surface area (Å²) in [5.74, 6) is -0.399. The van der Waals surface area contributed by atoms with Crippen LogP contribution < -0.4 is 15.8 Å². The number of nitrogens with zero attached hydrogens (tertiary/aromatic N) is 2. The van der Waals surface area contributed by atoms with E-state index in [-0.39, 0.29) is 52.9 Å². The molecule has 0 atom stereocenters. The highest BCUT2D eigenvalue weighted by molar-refractivity contribution is 14.0. The second-order valence-corrected chi connectivity index (χ2v) is 8.65. The Morgan fingerprint density at radius 1 is 1.23 bits per heavy atom. The van der Waals surface area contributed by atoms with Crippen LogP contribution in [0, 0.1) is 5.41 Å². The molecule has 0 aromatic heterocycles. The van der Waals surface area contributed by atoms with E-state index in [4.69, 9.17) is 10.5 Å². The Morgan fingerprint density at radius 3 is 2.35 bits per heavy atom. The number of carbonyl (C=O) groups excluding carboxylic acids is 1. The van der Waals surface area contributed by atoms with Crippen LogP contribution in [0.2, 0.25) is 0 Å². The van der Waals surface area contributed by atoms with Crippen molar-refractivity contribution in [3.8, 4) is 5.75 Å². The average Bonchev–Trinajstić information content (AvgIpc) is 2.60. The zero-order valence-electron chi connectivity index (χ0n) is 18.1. The van der Waals surface area contributed by atoms with Gasteiger partial charge in [0.1, 0.15) is 5.60 Å². The van der Waals surface area contributed by atoms with Crippen molar-refractivity contribution >= 4 is 41.7 Å². The SMILES string of the molecule is CC1(CN=C(N)Nc2ccccc2OC(F)(F)F)CCN(C(=O)OC(C)(C)C)CC1.I. The van der Waals surface area contributed by atoms with Crippen LogP contribution in [0.1, 0.15) is 40.5 Å². The van der Waals surface area contributed by atoms with Gasteiger partial charge in [-0.1, -0.05) is 19.1 Å². The van der Waals surface area contributed by atoms with Gasteiger partial charge in [-0.05, 0) is 51.2 Å². The Kier molecular flexibility index (Phi) is 9.27. The number of aliphatic imine (C=N–C) groups is 1. The number of guanidine groups is 1. The first-order chi connectivity index (χ1) is 13.8. The molecule has 1 heterocycles. The van der Waals surface area contributed by atoms with Crippen LogP contribution in [0.5, 0.6) is 5.75 Å². The van der Waals surface area contributed by atoms with Crippen LogP contribution in [-0.2, 0) is 4.74 Å². The minimum Gasteiger partial charge on any atom is -0.444 e. The number of nitrogens with two attached hydrogens (primary N) is 1. The molecule has 176 valence electrons. The standard InChI is InChI=1S/C20H29F3N4O3.HI/c1-18(2,3)30-17(28)27-11-9-19(4,10-12-27)13-25-16(24)26-14-7-5-6-8-15(14)29-20(21,22)23;/h5-8H,9-13H2,1-4H3,(H3,24,25,26);1H. The first-order valence-corrected chi connectivity index (χ1v) is 9.66. The van der Waals surface area contributed by atoms with Crippen LogP contribution in [0.15, 0.2) is 29.3 Å². The highest BCUT2D eigenvalue weighted by atomic mass is 127. The number of nitrogens with one attached hydrogen (secondary N) is 1. The van der Waals surface area contributed by atoms with E-state index in [9.17, 15) is 18.0 Å². The number of alkyl halides is 3. The second kappa shape index (κ2) is 10.6. The van der Waals surface area contributed by atoms with Gasteiger partial charge in [0, 0.05) is 19.6 Å². The van der Waals surface area contributed by atoms with Crippen molar-refractivity contribution in [2.45, 2.75) is 52.5 Å². The smallest absolute Gasteiger partial charge is 0.444 e. The molecule has 1 aliphatic rings. The van der Waals surface area contributed by atoms with E-state index < -0.39 is 12.0 Å². The number of carbonyl (C=O) groups is 1. The van der Waals surface area contributed by atoms with Gasteiger partial charge >= 0.3 is 12.5 Å². The van der Waals surface area contributed by atoms with E-state index in [0.717, 1.165) is 0 Å². The first-order valence-electron chi connectivity index (χ1n) is 9.66. The Bertz CT molecular complexity index is 774. The molecule has 2 rings (SSSR count). The van der Waals surface area contributed by atoms with E-state index in [2.05, 4.69) is 15.0 Å². The molecule has 1 aromatic rings. The normalized spacial score (nSPS) is 16.9. The summed E-state index contributed by atoms with van der Waals surface area (Å²) in [6.45, 7) is 8.95. The Morgan fingerprint density at radius 2 is 1.81 bits per heavy atom. The number of rotatable bonds is 4. The summed E-state index contributed by atoms with van der Waals surface area (Å²) >= 11 is 0. The Labute approximate surface area is 197 Å². The van der Waals surface area contributed by atoms with E-state index in [1.165, 1.54) is 18.2 Å². The lowest BCUT2D eigenvalue weighted by Crippen LogP contribution is -2.45. The lowest BCUT2D eigenvalue weighted by molar-refractivity contribution is -0.274. The van der Waals surface area contributed by atoms with Crippen LogP contribution in [-0.4, -0.2) is 48.6 Å². The van der Waals surface area contributed by atoms with E-state index >= 15 is 0 Å². The third-order valence-electron chi connectivity index (χ3n) is 4.63. The average molecular weight is 558 g/mol. The number of hydrogen-bond acceptors (Lipinski definition) is 4. The molecule has 0 radical (unpaired) electrons. The second-order valence-electron chi connectivity index (χ2n) is 8.65. The molecule has 11 heteroatoms. The minimum absolute atomic E-state index is 0. The molecule has 3 N–H and O–H groups in total. The largest absolute Gasteiger partial charge is 0.573 e. The highest BCUT2D eigenvalue weighted by Gasteiger charge is 2.34. The molecule has 1 fully saturated rings. The molecule has 1 saturated heterocycles. The molecule has 0 aliphatic carbocycles. The molecule has 31 heavy (non-hydrogen) atoms. The zero-order chi connectivity index (χ0) is 22.6. The molecule has 1 aliphatic heterocycles. The van der Waals surface area contributed by atoms with Crippen molar-refractivity contribution in [2.24, 2.45) is 16.1 Å². The van der Waals surface area contributed by atoms with Gasteiger partial charge in [-0.15, -0.1) is 37.1 Å². The number of halogens is 4. The lowest BCUT2D eigenvalue weighted by atomic mass is 9.80. The van der Waals surface area contributed by atoms with Gasteiger partial charge in [0.05, 0.1) is 5.69 Å². The van der Waals surface area contributed by atoms with E-state index in [1.807, 2.05) is 27.7 Å². The minimum atomic E-state index is -4.81. The summed E-state index contributed by atoms with van der Waals surface area (Å²) < 4.78 is 47.0. The molecular formula is C20H30F3IN4O3. The summed E-state index contributed by atoms with van der Waals surface area (Å²) in [6, 6.07) is 5.60. The fourth-order valence-corrected chi connectivity index (χ4v) is 2.95. The molecule has 1 amide bonds. The number of anilines is 1. The molecule has 7 nitrogen and oxygen atoms in total. The zero-order valence-corrected chi connectivity index (χ0v) is 20.4. The molecular weight excluding hydrogens is 528 g/mol. The molecule has 0 spiro atoms. The maximum atomic E-state index is 12.5. The third kappa shape index (κ3) is 9.40. The van der Waals surface area contributed by atoms with Crippen LogP contribution in [0.3, 0.4) is 0 Å². The number of para-hydroxylation sites is 2. The fraction of sp³-hybridized carbons (Fsp3) is 0.600. The first kappa shape index (κ1) is 27.1. The molecule has 0 saturated carbocycles. The van der Waals surface area contributed by atoms with Crippen molar-refractivity contribution < 1.29 is 27.4 Å². The number of ether oxygens (including phenoxy) is 2. The Balaban J connectivity index is 0.00000480. The monoisotopic (exact) mass is 558 g/mol. The number of piperidine rings is 1. The lowest BCUT2D eigenvalue weighted by Gasteiger charge is -2.38. The van der Waals surface area contributed by atoms with Crippen molar-refractivity contribution in [1.29, 1.82) is 0 Å².